The molecule has 3 saturated heterocycles. The van der Waals surface area contributed by atoms with Crippen LogP contribution in [0, 0.1) is 0 Å². The number of morpholine rings is 1. The van der Waals surface area contributed by atoms with Crippen LogP contribution in [0.2, 0.25) is 10.2 Å². The molecule has 5 rings (SSSR count). The molecule has 1 aromatic heterocycles. The van der Waals surface area contributed by atoms with Gasteiger partial charge in [-0.2, -0.15) is 0 Å². The van der Waals surface area contributed by atoms with Crippen LogP contribution in [0.15, 0.2) is 18.2 Å². The maximum absolute atomic E-state index is 13.0. The number of aromatic nitrogens is 2. The Kier molecular flexibility index (Phi) is 10.1. The Balaban J connectivity index is 1.18. The molecule has 42 heavy (non-hydrogen) atoms. The zero-order valence-corrected chi connectivity index (χ0v) is 25.6. The van der Waals surface area contributed by atoms with Gasteiger partial charge in [-0.05, 0) is 55.6 Å². The molecule has 1 aromatic carbocycles. The Morgan fingerprint density at radius 2 is 1.76 bits per heavy atom. The Hall–Kier alpha value is -2.70. The van der Waals surface area contributed by atoms with Gasteiger partial charge in [-0.25, -0.2) is 9.97 Å². The van der Waals surface area contributed by atoms with E-state index in [0.717, 1.165) is 64.1 Å². The van der Waals surface area contributed by atoms with E-state index < -0.39 is 5.91 Å². The highest BCUT2D eigenvalue weighted by molar-refractivity contribution is 6.32. The average Bonchev–Trinajstić information content (AvgIpc) is 3.00. The van der Waals surface area contributed by atoms with E-state index in [1.54, 1.807) is 0 Å². The number of likely N-dealkylation sites (tertiary alicyclic amines) is 1. The number of amides is 2. The summed E-state index contributed by atoms with van der Waals surface area (Å²) in [4.78, 5) is 42.1. The van der Waals surface area contributed by atoms with E-state index >= 15 is 0 Å². The molecule has 2 aromatic rings. The number of carbonyl (C=O) groups excluding carboxylic acids is 2. The number of anilines is 2. The van der Waals surface area contributed by atoms with Gasteiger partial charge in [0.25, 0.3) is 5.91 Å². The number of ether oxygens (including phenoxy) is 1. The molecule has 0 spiro atoms. The molecule has 0 saturated carbocycles. The Bertz CT molecular complexity index is 1280. The summed E-state index contributed by atoms with van der Waals surface area (Å²) in [6, 6.07) is 6.76. The number of hydrogen-bond donors (Lipinski definition) is 2. The lowest BCUT2D eigenvalue weighted by Gasteiger charge is -2.47. The molecule has 0 bridgehead atoms. The Morgan fingerprint density at radius 1 is 1.02 bits per heavy atom. The van der Waals surface area contributed by atoms with Crippen LogP contribution < -0.4 is 16.4 Å². The molecule has 0 unspecified atom stereocenters. The third-order valence-electron chi connectivity index (χ3n) is 8.69. The van der Waals surface area contributed by atoms with Crippen LogP contribution >= 0.6 is 23.2 Å². The molecule has 0 radical (unpaired) electrons. The van der Waals surface area contributed by atoms with Crippen molar-refractivity contribution in [2.45, 2.75) is 51.2 Å². The van der Waals surface area contributed by atoms with E-state index in [1.165, 1.54) is 5.56 Å². The van der Waals surface area contributed by atoms with Crippen molar-refractivity contribution in [1.29, 1.82) is 0 Å². The van der Waals surface area contributed by atoms with Gasteiger partial charge in [0.15, 0.2) is 22.5 Å². The van der Waals surface area contributed by atoms with Crippen molar-refractivity contribution in [2.75, 3.05) is 69.7 Å². The van der Waals surface area contributed by atoms with Crippen LogP contribution in [-0.2, 0) is 22.5 Å². The summed E-state index contributed by atoms with van der Waals surface area (Å²) in [5.41, 5.74) is 13.4. The monoisotopic (exact) mass is 618 g/mol. The molecule has 1 atom stereocenters. The third-order valence-corrected chi connectivity index (χ3v) is 9.18. The predicted octanol–water partition coefficient (Wildman–Crippen LogP) is 2.43. The van der Waals surface area contributed by atoms with Crippen LogP contribution in [0.4, 0.5) is 11.6 Å². The number of benzene rings is 1. The molecular formula is C29H40Cl2N8O3. The maximum Gasteiger partial charge on any atom is 0.271 e. The van der Waals surface area contributed by atoms with Crippen LogP contribution in [0.25, 0.3) is 0 Å². The second-order valence-electron chi connectivity index (χ2n) is 11.3. The molecule has 4 N–H and O–H groups in total. The smallest absolute Gasteiger partial charge is 0.271 e. The normalized spacial score (nSPS) is 21.1. The van der Waals surface area contributed by atoms with Crippen molar-refractivity contribution in [3.63, 3.8) is 0 Å². The minimum Gasteiger partial charge on any atom is -0.382 e. The van der Waals surface area contributed by atoms with Crippen molar-refractivity contribution in [2.24, 2.45) is 5.73 Å². The van der Waals surface area contributed by atoms with E-state index in [4.69, 9.17) is 39.4 Å². The van der Waals surface area contributed by atoms with Crippen LogP contribution in [0.1, 0.15) is 47.8 Å². The van der Waals surface area contributed by atoms with Crippen molar-refractivity contribution in [3.8, 4) is 0 Å². The summed E-state index contributed by atoms with van der Waals surface area (Å²) in [5, 5.41) is 0.800. The summed E-state index contributed by atoms with van der Waals surface area (Å²) < 4.78 is 5.40. The van der Waals surface area contributed by atoms with Crippen LogP contribution in [-0.4, -0.2) is 108 Å². The molecule has 2 amide bonds. The van der Waals surface area contributed by atoms with Gasteiger partial charge in [0.05, 0.1) is 19.6 Å². The van der Waals surface area contributed by atoms with Gasteiger partial charge in [-0.1, -0.05) is 36.2 Å². The van der Waals surface area contributed by atoms with Gasteiger partial charge in [-0.15, -0.1) is 0 Å². The van der Waals surface area contributed by atoms with E-state index in [2.05, 4.69) is 37.7 Å². The molecular weight excluding hydrogens is 579 g/mol. The second kappa shape index (κ2) is 13.7. The van der Waals surface area contributed by atoms with Gasteiger partial charge >= 0.3 is 0 Å². The molecule has 4 heterocycles. The fourth-order valence-corrected chi connectivity index (χ4v) is 6.80. The highest BCUT2D eigenvalue weighted by Gasteiger charge is 2.34. The lowest BCUT2D eigenvalue weighted by Crippen LogP contribution is -2.58. The van der Waals surface area contributed by atoms with Gasteiger partial charge in [0.1, 0.15) is 0 Å². The lowest BCUT2D eigenvalue weighted by atomic mass is 9.97. The number of nitrogens with two attached hydrogens (primary N) is 2. The van der Waals surface area contributed by atoms with E-state index in [-0.39, 0.29) is 22.6 Å². The average molecular weight is 620 g/mol. The van der Waals surface area contributed by atoms with Gasteiger partial charge in [0, 0.05) is 56.4 Å². The SMILES string of the molecule is CC[C@H]1CN(c2nc(N)c(C(N)=O)nc2Cl)CCN1C1CCN(Cc2ccc(Cl)cc2CC(=O)N2CCOCC2)CC1. The molecule has 3 aliphatic heterocycles. The first-order valence-corrected chi connectivity index (χ1v) is 15.5. The summed E-state index contributed by atoms with van der Waals surface area (Å²) in [7, 11) is 0. The minimum absolute atomic E-state index is 0.000874. The molecule has 0 aliphatic carbocycles. The largest absolute Gasteiger partial charge is 0.382 e. The molecule has 3 aliphatic rings. The Labute approximate surface area is 257 Å². The fraction of sp³-hybridized carbons (Fsp3) is 0.586. The van der Waals surface area contributed by atoms with Crippen LogP contribution in [0.5, 0.6) is 0 Å². The number of halogens is 2. The Morgan fingerprint density at radius 3 is 2.45 bits per heavy atom. The topological polar surface area (TPSA) is 134 Å². The zero-order chi connectivity index (χ0) is 29.8. The maximum atomic E-state index is 13.0. The number of piperidine rings is 1. The number of primary amides is 1. The summed E-state index contributed by atoms with van der Waals surface area (Å²) in [6.07, 6.45) is 3.50. The third kappa shape index (κ3) is 7.08. The molecule has 13 heteroatoms. The highest BCUT2D eigenvalue weighted by atomic mass is 35.5. The summed E-state index contributed by atoms with van der Waals surface area (Å²) >= 11 is 12.7. The van der Waals surface area contributed by atoms with Gasteiger partial charge in [-0.3, -0.25) is 19.4 Å². The number of nitrogen functional groups attached to an aromatic ring is 1. The highest BCUT2D eigenvalue weighted by Crippen LogP contribution is 2.30. The van der Waals surface area contributed by atoms with E-state index in [1.807, 2.05) is 17.0 Å². The zero-order valence-electron chi connectivity index (χ0n) is 24.1. The first-order chi connectivity index (χ1) is 20.2. The standard InChI is InChI=1S/C29H40Cl2N8O3/c1-2-22-18-38(29-26(31)34-25(28(33)41)27(32)35-29)9-10-39(22)23-5-7-36(8-6-23)17-19-3-4-21(30)15-20(19)16-24(40)37-11-13-42-14-12-37/h3-4,15,22-23H,2,5-14,16-18H2,1H3,(H2,32,35)(H2,33,41)/t22-/m0/s1. The van der Waals surface area contributed by atoms with Crippen molar-refractivity contribution in [3.05, 3.63) is 45.2 Å². The molecule has 228 valence electrons. The molecule has 3 fully saturated rings. The number of rotatable bonds is 8. The number of hydrogen-bond acceptors (Lipinski definition) is 9. The first-order valence-electron chi connectivity index (χ1n) is 14.7. The van der Waals surface area contributed by atoms with Crippen LogP contribution in [0.3, 0.4) is 0 Å². The summed E-state index contributed by atoms with van der Waals surface area (Å²) in [5.74, 6) is -0.120. The van der Waals surface area contributed by atoms with E-state index in [0.29, 0.717) is 55.6 Å². The quantitative estimate of drug-likeness (QED) is 0.457. The van der Waals surface area contributed by atoms with Crippen molar-refractivity contribution in [1.82, 2.24) is 24.7 Å². The lowest BCUT2D eigenvalue weighted by molar-refractivity contribution is -0.134. The number of carbonyl (C=O) groups is 2. The van der Waals surface area contributed by atoms with Crippen molar-refractivity contribution >= 4 is 46.7 Å². The molecule has 11 nitrogen and oxygen atoms in total. The fourth-order valence-electron chi connectivity index (χ4n) is 6.36. The predicted molar refractivity (Wildman–Crippen MR) is 164 cm³/mol. The summed E-state index contributed by atoms with van der Waals surface area (Å²) in [6.45, 7) is 9.84. The van der Waals surface area contributed by atoms with Crippen molar-refractivity contribution < 1.29 is 14.3 Å². The van der Waals surface area contributed by atoms with E-state index in [9.17, 15) is 9.59 Å². The second-order valence-corrected chi connectivity index (χ2v) is 12.1. The van der Waals surface area contributed by atoms with Gasteiger partial charge < -0.3 is 26.0 Å². The number of nitrogens with zero attached hydrogens (tertiary/aromatic N) is 6. The first kappa shape index (κ1) is 30.7. The number of piperazine rings is 1. The van der Waals surface area contributed by atoms with Gasteiger partial charge in [0.2, 0.25) is 5.91 Å². The minimum atomic E-state index is -0.746.